The SMILES string of the molecule is Cc1nn(-c2ccccc2)c(C)c1CNc1cnns1. The van der Waals surface area contributed by atoms with Gasteiger partial charge < -0.3 is 5.32 Å². The third-order valence-corrected chi connectivity index (χ3v) is 3.87. The standard InChI is InChI=1S/C14H15N5S/c1-10-13(8-15-14-9-16-18-20-14)11(2)19(17-10)12-6-4-3-5-7-12/h3-7,9,15H,8H2,1-2H3. The van der Waals surface area contributed by atoms with E-state index in [-0.39, 0.29) is 0 Å². The van der Waals surface area contributed by atoms with Gasteiger partial charge in [0.05, 0.1) is 17.6 Å². The smallest absolute Gasteiger partial charge is 0.130 e. The number of benzene rings is 1. The minimum Gasteiger partial charge on any atom is -0.370 e. The predicted octanol–water partition coefficient (Wildman–Crippen LogP) is 2.95. The number of rotatable bonds is 4. The number of aromatic nitrogens is 4. The highest BCUT2D eigenvalue weighted by molar-refractivity contribution is 7.09. The Morgan fingerprint density at radius 3 is 2.70 bits per heavy atom. The van der Waals surface area contributed by atoms with Crippen LogP contribution in [0.2, 0.25) is 0 Å². The van der Waals surface area contributed by atoms with E-state index >= 15 is 0 Å². The van der Waals surface area contributed by atoms with Gasteiger partial charge in [0.15, 0.2) is 0 Å². The fraction of sp³-hybridized carbons (Fsp3) is 0.214. The van der Waals surface area contributed by atoms with Crippen molar-refractivity contribution in [2.24, 2.45) is 0 Å². The van der Waals surface area contributed by atoms with Gasteiger partial charge in [-0.25, -0.2) is 4.68 Å². The number of hydrogen-bond donors (Lipinski definition) is 1. The van der Waals surface area contributed by atoms with Crippen molar-refractivity contribution in [1.82, 2.24) is 19.4 Å². The fourth-order valence-electron chi connectivity index (χ4n) is 2.17. The second-order valence-corrected chi connectivity index (χ2v) is 5.32. The number of nitrogens with zero attached hydrogens (tertiary/aromatic N) is 4. The van der Waals surface area contributed by atoms with Crippen LogP contribution in [-0.2, 0) is 6.54 Å². The molecular formula is C14H15N5S. The van der Waals surface area contributed by atoms with Crippen LogP contribution < -0.4 is 5.32 Å². The molecule has 0 aliphatic rings. The van der Waals surface area contributed by atoms with Crippen molar-refractivity contribution in [3.63, 3.8) is 0 Å². The lowest BCUT2D eigenvalue weighted by molar-refractivity contribution is 0.833. The lowest BCUT2D eigenvalue weighted by Crippen LogP contribution is -2.02. The summed E-state index contributed by atoms with van der Waals surface area (Å²) in [5.74, 6) is 0. The van der Waals surface area contributed by atoms with Gasteiger partial charge in [0.1, 0.15) is 5.00 Å². The predicted molar refractivity (Wildman–Crippen MR) is 80.3 cm³/mol. The summed E-state index contributed by atoms with van der Waals surface area (Å²) in [6.07, 6.45) is 1.73. The molecule has 6 heteroatoms. The Bertz CT molecular complexity index is 688. The summed E-state index contributed by atoms with van der Waals surface area (Å²) in [5, 5.41) is 12.7. The zero-order valence-electron chi connectivity index (χ0n) is 11.4. The molecule has 0 amide bonds. The van der Waals surface area contributed by atoms with Crippen LogP contribution in [0.4, 0.5) is 5.00 Å². The van der Waals surface area contributed by atoms with E-state index < -0.39 is 0 Å². The quantitative estimate of drug-likeness (QED) is 0.800. The van der Waals surface area contributed by atoms with E-state index in [1.807, 2.05) is 29.8 Å². The van der Waals surface area contributed by atoms with Gasteiger partial charge in [-0.3, -0.25) is 0 Å². The highest BCUT2D eigenvalue weighted by atomic mass is 32.1. The molecule has 0 spiro atoms. The maximum atomic E-state index is 4.63. The second kappa shape index (κ2) is 5.42. The third-order valence-electron chi connectivity index (χ3n) is 3.24. The maximum Gasteiger partial charge on any atom is 0.130 e. The molecule has 1 N–H and O–H groups in total. The summed E-state index contributed by atoms with van der Waals surface area (Å²) in [7, 11) is 0. The van der Waals surface area contributed by atoms with Crippen molar-refractivity contribution >= 4 is 16.5 Å². The molecule has 0 saturated carbocycles. The molecule has 0 saturated heterocycles. The van der Waals surface area contributed by atoms with Gasteiger partial charge in [-0.2, -0.15) is 5.10 Å². The zero-order valence-corrected chi connectivity index (χ0v) is 12.2. The molecule has 2 aromatic heterocycles. The monoisotopic (exact) mass is 285 g/mol. The van der Waals surface area contributed by atoms with Gasteiger partial charge in [-0.1, -0.05) is 22.7 Å². The van der Waals surface area contributed by atoms with Gasteiger partial charge in [-0.15, -0.1) is 5.10 Å². The van der Waals surface area contributed by atoms with Crippen LogP contribution in [0.25, 0.3) is 5.69 Å². The first-order valence-electron chi connectivity index (χ1n) is 6.37. The van der Waals surface area contributed by atoms with E-state index in [2.05, 4.69) is 39.1 Å². The van der Waals surface area contributed by atoms with Crippen LogP contribution in [0.3, 0.4) is 0 Å². The van der Waals surface area contributed by atoms with Crippen LogP contribution in [0, 0.1) is 13.8 Å². The van der Waals surface area contributed by atoms with Gasteiger partial charge in [0, 0.05) is 29.3 Å². The van der Waals surface area contributed by atoms with Crippen LogP contribution in [0.15, 0.2) is 36.5 Å². The molecule has 0 aliphatic carbocycles. The molecule has 2 heterocycles. The lowest BCUT2D eigenvalue weighted by atomic mass is 10.2. The molecule has 3 rings (SSSR count). The van der Waals surface area contributed by atoms with E-state index in [0.29, 0.717) is 0 Å². The number of hydrogen-bond acceptors (Lipinski definition) is 5. The molecule has 0 bridgehead atoms. The first kappa shape index (κ1) is 12.8. The summed E-state index contributed by atoms with van der Waals surface area (Å²) in [5.41, 5.74) is 4.48. The molecule has 0 unspecified atom stereocenters. The molecule has 0 radical (unpaired) electrons. The molecule has 5 nitrogen and oxygen atoms in total. The Labute approximate surface area is 121 Å². The second-order valence-electron chi connectivity index (χ2n) is 4.53. The van der Waals surface area contributed by atoms with Crippen molar-refractivity contribution in [2.75, 3.05) is 5.32 Å². The number of anilines is 1. The summed E-state index contributed by atoms with van der Waals surface area (Å²) in [6.45, 7) is 4.86. The Morgan fingerprint density at radius 1 is 1.20 bits per heavy atom. The first-order chi connectivity index (χ1) is 9.75. The van der Waals surface area contributed by atoms with E-state index in [1.165, 1.54) is 17.1 Å². The number of para-hydroxylation sites is 1. The minimum atomic E-state index is 0.731. The molecule has 0 atom stereocenters. The molecular weight excluding hydrogens is 270 g/mol. The van der Waals surface area contributed by atoms with Crippen molar-refractivity contribution in [1.29, 1.82) is 0 Å². The highest BCUT2D eigenvalue weighted by Gasteiger charge is 2.12. The molecule has 102 valence electrons. The topological polar surface area (TPSA) is 55.6 Å². The van der Waals surface area contributed by atoms with Gasteiger partial charge in [0.2, 0.25) is 0 Å². The summed E-state index contributed by atoms with van der Waals surface area (Å²) >= 11 is 1.36. The Hall–Kier alpha value is -2.21. The van der Waals surface area contributed by atoms with Crippen molar-refractivity contribution in [2.45, 2.75) is 20.4 Å². The highest BCUT2D eigenvalue weighted by Crippen LogP contribution is 2.19. The lowest BCUT2D eigenvalue weighted by Gasteiger charge is -2.06. The van der Waals surface area contributed by atoms with Crippen molar-refractivity contribution < 1.29 is 0 Å². The summed E-state index contributed by atoms with van der Waals surface area (Å²) < 4.78 is 5.82. The molecule has 3 aromatic rings. The van der Waals surface area contributed by atoms with E-state index in [1.54, 1.807) is 6.20 Å². The van der Waals surface area contributed by atoms with E-state index in [0.717, 1.165) is 28.6 Å². The first-order valence-corrected chi connectivity index (χ1v) is 7.15. The van der Waals surface area contributed by atoms with Crippen LogP contribution in [0.1, 0.15) is 17.0 Å². The van der Waals surface area contributed by atoms with Crippen LogP contribution >= 0.6 is 11.5 Å². The summed E-state index contributed by atoms with van der Waals surface area (Å²) in [6, 6.07) is 10.2. The Balaban J connectivity index is 1.87. The summed E-state index contributed by atoms with van der Waals surface area (Å²) in [4.78, 5) is 0. The van der Waals surface area contributed by atoms with Gasteiger partial charge in [-0.05, 0) is 26.0 Å². The number of aryl methyl sites for hydroxylation is 1. The largest absolute Gasteiger partial charge is 0.370 e. The van der Waals surface area contributed by atoms with E-state index in [4.69, 9.17) is 0 Å². The molecule has 0 aliphatic heterocycles. The molecule has 0 fully saturated rings. The molecule has 20 heavy (non-hydrogen) atoms. The van der Waals surface area contributed by atoms with Crippen LogP contribution in [-0.4, -0.2) is 19.4 Å². The number of nitrogens with one attached hydrogen (secondary N) is 1. The fourth-order valence-corrected chi connectivity index (χ4v) is 2.59. The third kappa shape index (κ3) is 2.42. The van der Waals surface area contributed by atoms with Crippen LogP contribution in [0.5, 0.6) is 0 Å². The van der Waals surface area contributed by atoms with Crippen molar-refractivity contribution in [3.05, 3.63) is 53.5 Å². The molecule has 1 aromatic carbocycles. The van der Waals surface area contributed by atoms with Crippen molar-refractivity contribution in [3.8, 4) is 5.69 Å². The van der Waals surface area contributed by atoms with Gasteiger partial charge in [0.25, 0.3) is 0 Å². The van der Waals surface area contributed by atoms with Gasteiger partial charge >= 0.3 is 0 Å². The minimum absolute atomic E-state index is 0.731. The normalized spacial score (nSPS) is 10.7. The maximum absolute atomic E-state index is 4.63. The Kier molecular flexibility index (Phi) is 3.47. The average molecular weight is 285 g/mol. The Morgan fingerprint density at radius 2 is 2.00 bits per heavy atom. The average Bonchev–Trinajstić information content (AvgIpc) is 3.07. The zero-order chi connectivity index (χ0) is 13.9. The van der Waals surface area contributed by atoms with E-state index in [9.17, 15) is 0 Å².